The van der Waals surface area contributed by atoms with E-state index in [-0.39, 0.29) is 22.3 Å². The van der Waals surface area contributed by atoms with Gasteiger partial charge < -0.3 is 4.57 Å². The zero-order chi connectivity index (χ0) is 23.2. The Morgan fingerprint density at radius 3 is 2.39 bits per heavy atom. The molecule has 5 rings (SSSR count). The third-order valence-corrected chi connectivity index (χ3v) is 9.38. The van der Waals surface area contributed by atoms with Crippen LogP contribution in [0, 0.1) is 17.5 Å². The maximum absolute atomic E-state index is 14.2. The number of benzene rings is 2. The van der Waals surface area contributed by atoms with E-state index in [4.69, 9.17) is 0 Å². The highest BCUT2D eigenvalue weighted by molar-refractivity contribution is 7.98. The molecule has 33 heavy (non-hydrogen) atoms. The molecule has 0 N–H and O–H groups in total. The number of aromatic nitrogens is 2. The minimum atomic E-state index is -3.59. The Bertz CT molecular complexity index is 1300. The second-order valence-corrected chi connectivity index (χ2v) is 11.5. The van der Waals surface area contributed by atoms with Crippen LogP contribution in [0.5, 0.6) is 0 Å². The molecule has 0 unspecified atom stereocenters. The first-order valence-electron chi connectivity index (χ1n) is 11.1. The lowest BCUT2D eigenvalue weighted by molar-refractivity contribution is 0.477. The van der Waals surface area contributed by atoms with Crippen molar-refractivity contribution in [3.63, 3.8) is 0 Å². The van der Waals surface area contributed by atoms with E-state index in [1.807, 2.05) is 4.57 Å². The fraction of sp³-hybridized carbons (Fsp3) is 0.435. The minimum absolute atomic E-state index is 0.121. The Morgan fingerprint density at radius 2 is 1.67 bits per heavy atom. The van der Waals surface area contributed by atoms with Gasteiger partial charge in [0.2, 0.25) is 10.0 Å². The fourth-order valence-corrected chi connectivity index (χ4v) is 7.37. The van der Waals surface area contributed by atoms with E-state index in [0.29, 0.717) is 23.8 Å². The Labute approximate surface area is 195 Å². The monoisotopic (exact) mass is 495 g/mol. The van der Waals surface area contributed by atoms with Crippen LogP contribution >= 0.6 is 11.8 Å². The summed E-state index contributed by atoms with van der Waals surface area (Å²) >= 11 is 1.13. The van der Waals surface area contributed by atoms with Crippen LogP contribution in [0.2, 0.25) is 0 Å². The maximum atomic E-state index is 14.2. The summed E-state index contributed by atoms with van der Waals surface area (Å²) < 4.78 is 71.5. The number of sulfonamides is 1. The minimum Gasteiger partial charge on any atom is -0.316 e. The summed E-state index contributed by atoms with van der Waals surface area (Å²) in [4.78, 5) is 4.86. The van der Waals surface area contributed by atoms with Gasteiger partial charge in [0.05, 0.1) is 15.9 Å². The number of imidazole rings is 1. The summed E-state index contributed by atoms with van der Waals surface area (Å²) in [6.07, 6.45) is 5.76. The van der Waals surface area contributed by atoms with Gasteiger partial charge in [-0.25, -0.2) is 26.6 Å². The molecule has 2 aromatic carbocycles. The lowest BCUT2D eigenvalue weighted by atomic mass is 10.2. The smallest absolute Gasteiger partial charge is 0.243 e. The zero-order valence-electron chi connectivity index (χ0n) is 17.9. The highest BCUT2D eigenvalue weighted by atomic mass is 32.2. The number of hydrogen-bond acceptors (Lipinski definition) is 4. The summed E-state index contributed by atoms with van der Waals surface area (Å²) in [6.45, 7) is 1.03. The summed E-state index contributed by atoms with van der Waals surface area (Å²) in [5.74, 6) is -3.20. The lowest BCUT2D eigenvalue weighted by Crippen LogP contribution is -2.27. The number of hydrogen-bond donors (Lipinski definition) is 0. The van der Waals surface area contributed by atoms with Gasteiger partial charge in [0.1, 0.15) is 5.82 Å². The summed E-state index contributed by atoms with van der Waals surface area (Å²) in [6, 6.07) is 6.85. The van der Waals surface area contributed by atoms with E-state index < -0.39 is 27.5 Å². The SMILES string of the molecule is O=S(=O)(c1ccc2c(c1)nc(SCc1c(F)ccc(F)c1F)n2C1CCCC1)N1CCCC1. The number of halogens is 3. The van der Waals surface area contributed by atoms with E-state index in [2.05, 4.69) is 4.98 Å². The second kappa shape index (κ2) is 8.96. The van der Waals surface area contributed by atoms with E-state index in [1.54, 1.807) is 18.2 Å². The van der Waals surface area contributed by atoms with E-state index in [0.717, 1.165) is 67.9 Å². The Kier molecular flexibility index (Phi) is 6.17. The molecular formula is C23H24F3N3O2S2. The molecule has 0 spiro atoms. The largest absolute Gasteiger partial charge is 0.316 e. The van der Waals surface area contributed by atoms with Gasteiger partial charge >= 0.3 is 0 Å². The third kappa shape index (κ3) is 4.17. The summed E-state index contributed by atoms with van der Waals surface area (Å²) in [5, 5.41) is 0.552. The van der Waals surface area contributed by atoms with Crippen LogP contribution in [0.3, 0.4) is 0 Å². The first-order valence-corrected chi connectivity index (χ1v) is 13.6. The molecule has 1 aliphatic heterocycles. The predicted octanol–water partition coefficient (Wildman–Crippen LogP) is 5.65. The van der Waals surface area contributed by atoms with Crippen LogP contribution in [0.4, 0.5) is 13.2 Å². The first-order chi connectivity index (χ1) is 15.9. The zero-order valence-corrected chi connectivity index (χ0v) is 19.6. The predicted molar refractivity (Wildman–Crippen MR) is 121 cm³/mol. The lowest BCUT2D eigenvalue weighted by Gasteiger charge is -2.17. The Morgan fingerprint density at radius 1 is 0.970 bits per heavy atom. The molecule has 0 radical (unpaired) electrons. The van der Waals surface area contributed by atoms with Crippen molar-refractivity contribution in [1.29, 1.82) is 0 Å². The van der Waals surface area contributed by atoms with Crippen molar-refractivity contribution in [1.82, 2.24) is 13.9 Å². The van der Waals surface area contributed by atoms with Crippen molar-refractivity contribution in [3.05, 3.63) is 53.3 Å². The molecule has 0 amide bonds. The van der Waals surface area contributed by atoms with Gasteiger partial charge in [-0.15, -0.1) is 0 Å². The van der Waals surface area contributed by atoms with E-state index >= 15 is 0 Å². The second-order valence-electron chi connectivity index (χ2n) is 8.57. The Balaban J connectivity index is 1.53. The van der Waals surface area contributed by atoms with Crippen molar-refractivity contribution in [2.75, 3.05) is 13.1 Å². The normalized spacial score (nSPS) is 18.0. The molecule has 5 nitrogen and oxygen atoms in total. The maximum Gasteiger partial charge on any atom is 0.243 e. The molecule has 2 heterocycles. The highest BCUT2D eigenvalue weighted by Crippen LogP contribution is 2.38. The van der Waals surface area contributed by atoms with Crippen molar-refractivity contribution in [2.24, 2.45) is 0 Å². The van der Waals surface area contributed by atoms with E-state index in [1.165, 1.54) is 4.31 Å². The van der Waals surface area contributed by atoms with Gasteiger partial charge in [0.15, 0.2) is 16.8 Å². The van der Waals surface area contributed by atoms with Gasteiger partial charge in [-0.1, -0.05) is 24.6 Å². The van der Waals surface area contributed by atoms with Crippen LogP contribution < -0.4 is 0 Å². The molecule has 0 atom stereocenters. The molecule has 176 valence electrons. The van der Waals surface area contributed by atoms with Crippen LogP contribution in [-0.2, 0) is 15.8 Å². The van der Waals surface area contributed by atoms with Gasteiger partial charge in [0.25, 0.3) is 0 Å². The molecular weight excluding hydrogens is 471 g/mol. The first kappa shape index (κ1) is 22.7. The molecule has 1 saturated heterocycles. The topological polar surface area (TPSA) is 55.2 Å². The number of thioether (sulfide) groups is 1. The quantitative estimate of drug-likeness (QED) is 0.328. The van der Waals surface area contributed by atoms with Crippen LogP contribution in [-0.4, -0.2) is 35.4 Å². The van der Waals surface area contributed by atoms with Crippen molar-refractivity contribution in [3.8, 4) is 0 Å². The highest BCUT2D eigenvalue weighted by Gasteiger charge is 2.29. The Hall–Kier alpha value is -2.04. The molecule has 2 fully saturated rings. The average molecular weight is 496 g/mol. The van der Waals surface area contributed by atoms with Gasteiger partial charge in [-0.05, 0) is 56.0 Å². The number of rotatable bonds is 6. The number of fused-ring (bicyclic) bond motifs is 1. The van der Waals surface area contributed by atoms with Crippen LogP contribution in [0.15, 0.2) is 40.4 Å². The van der Waals surface area contributed by atoms with Gasteiger partial charge in [-0.3, -0.25) is 0 Å². The molecule has 0 bridgehead atoms. The number of nitrogens with zero attached hydrogens (tertiary/aromatic N) is 3. The average Bonchev–Trinajstić information content (AvgIpc) is 3.56. The van der Waals surface area contributed by atoms with Crippen molar-refractivity contribution < 1.29 is 21.6 Å². The van der Waals surface area contributed by atoms with Crippen LogP contribution in [0.25, 0.3) is 11.0 Å². The molecule has 10 heteroatoms. The summed E-state index contributed by atoms with van der Waals surface area (Å²) in [5.41, 5.74) is 0.997. The van der Waals surface area contributed by atoms with Gasteiger partial charge in [0, 0.05) is 30.4 Å². The van der Waals surface area contributed by atoms with Gasteiger partial charge in [-0.2, -0.15) is 4.31 Å². The fourth-order valence-electron chi connectivity index (χ4n) is 4.75. The van der Waals surface area contributed by atoms with Crippen molar-refractivity contribution >= 4 is 32.8 Å². The van der Waals surface area contributed by atoms with Crippen LogP contribution in [0.1, 0.15) is 50.1 Å². The van der Waals surface area contributed by atoms with Crippen molar-refractivity contribution in [2.45, 2.75) is 60.4 Å². The molecule has 3 aromatic rings. The molecule has 1 saturated carbocycles. The third-order valence-electron chi connectivity index (χ3n) is 6.51. The molecule has 2 aliphatic rings. The molecule has 1 aliphatic carbocycles. The summed E-state index contributed by atoms with van der Waals surface area (Å²) in [7, 11) is -3.59. The molecule has 1 aromatic heterocycles. The van der Waals surface area contributed by atoms with E-state index in [9.17, 15) is 21.6 Å². The standard InChI is InChI=1S/C23H24F3N3O2S2/c24-18-8-9-19(25)22(26)17(18)14-32-23-27-20-13-16(33(30,31)28-11-3-4-12-28)7-10-21(20)29(23)15-5-1-2-6-15/h7-10,13,15H,1-6,11-12,14H2.